The zero-order chi connectivity index (χ0) is 15.5. The number of ether oxygens (including phenoxy) is 1. The lowest BCUT2D eigenvalue weighted by Crippen LogP contribution is -2.51. The van der Waals surface area contributed by atoms with E-state index in [9.17, 15) is 14.7 Å². The number of carboxylic acid groups (broad SMARTS) is 1. The lowest BCUT2D eigenvalue weighted by atomic mass is 9.81. The maximum absolute atomic E-state index is 12.3. The molecular weight excluding hydrogens is 282 g/mol. The molecule has 1 unspecified atom stereocenters. The van der Waals surface area contributed by atoms with Crippen LogP contribution in [-0.4, -0.2) is 34.7 Å². The Morgan fingerprint density at radius 2 is 1.95 bits per heavy atom. The number of rotatable bonds is 3. The van der Waals surface area contributed by atoms with E-state index < -0.39 is 5.97 Å². The first-order chi connectivity index (χ1) is 10.7. The predicted octanol–water partition coefficient (Wildman–Crippen LogP) is 2.90. The molecule has 1 aromatic rings. The molecule has 1 aromatic carbocycles. The summed E-state index contributed by atoms with van der Waals surface area (Å²) in [5.74, 6) is -0.963. The number of amides is 1. The van der Waals surface area contributed by atoms with Crippen molar-refractivity contribution in [1.29, 1.82) is 0 Å². The zero-order valence-corrected chi connectivity index (χ0v) is 12.5. The Kier molecular flexibility index (Phi) is 4.32. The molecule has 1 aliphatic heterocycles. The van der Waals surface area contributed by atoms with Crippen molar-refractivity contribution in [3.63, 3.8) is 0 Å². The van der Waals surface area contributed by atoms with E-state index in [1.54, 1.807) is 4.90 Å². The third kappa shape index (κ3) is 2.93. The normalized spacial score (nSPS) is 27.3. The summed E-state index contributed by atoms with van der Waals surface area (Å²) in [5.41, 5.74) is 0.958. The Bertz CT molecular complexity index is 545. The number of hydrogen-bond acceptors (Lipinski definition) is 3. The number of fused-ring (bicyclic) bond motifs is 1. The van der Waals surface area contributed by atoms with Gasteiger partial charge in [0.25, 0.3) is 0 Å². The summed E-state index contributed by atoms with van der Waals surface area (Å²) >= 11 is 0. The number of nitrogens with zero attached hydrogens (tertiary/aromatic N) is 1. The van der Waals surface area contributed by atoms with Gasteiger partial charge in [-0.3, -0.25) is 4.79 Å². The van der Waals surface area contributed by atoms with Crippen LogP contribution in [0.3, 0.4) is 0 Å². The first-order valence-electron chi connectivity index (χ1n) is 7.87. The van der Waals surface area contributed by atoms with E-state index in [2.05, 4.69) is 0 Å². The molecule has 0 radical (unpaired) electrons. The molecule has 2 fully saturated rings. The number of likely N-dealkylation sites (tertiary alicyclic amines) is 1. The van der Waals surface area contributed by atoms with E-state index in [0.29, 0.717) is 13.0 Å². The highest BCUT2D eigenvalue weighted by molar-refractivity contribution is 5.72. The second-order valence-electron chi connectivity index (χ2n) is 6.13. The average Bonchev–Trinajstić information content (AvgIpc) is 3.02. The predicted molar refractivity (Wildman–Crippen MR) is 80.2 cm³/mol. The molecule has 22 heavy (non-hydrogen) atoms. The van der Waals surface area contributed by atoms with Crippen LogP contribution in [0, 0.1) is 11.8 Å². The highest BCUT2D eigenvalue weighted by Gasteiger charge is 2.45. The molecule has 5 nitrogen and oxygen atoms in total. The van der Waals surface area contributed by atoms with E-state index >= 15 is 0 Å². The number of piperidine rings is 1. The van der Waals surface area contributed by atoms with E-state index in [-0.39, 0.29) is 30.6 Å². The third-order valence-electron chi connectivity index (χ3n) is 4.89. The Labute approximate surface area is 129 Å². The summed E-state index contributed by atoms with van der Waals surface area (Å²) in [5, 5.41) is 9.33. The quantitative estimate of drug-likeness (QED) is 0.932. The number of benzene rings is 1. The van der Waals surface area contributed by atoms with Crippen LogP contribution in [0.1, 0.15) is 31.2 Å². The maximum Gasteiger partial charge on any atom is 0.410 e. The second kappa shape index (κ2) is 6.38. The molecule has 1 saturated carbocycles. The number of aliphatic carboxylic acids is 1. The summed E-state index contributed by atoms with van der Waals surface area (Å²) in [6.07, 6.45) is 2.97. The molecule has 5 heteroatoms. The molecule has 118 valence electrons. The lowest BCUT2D eigenvalue weighted by molar-refractivity contribution is -0.146. The first-order valence-corrected chi connectivity index (χ1v) is 7.87. The van der Waals surface area contributed by atoms with Crippen molar-refractivity contribution in [1.82, 2.24) is 4.90 Å². The van der Waals surface area contributed by atoms with Crippen molar-refractivity contribution in [2.75, 3.05) is 6.54 Å². The fraction of sp³-hybridized carbons (Fsp3) is 0.529. The van der Waals surface area contributed by atoms with Crippen molar-refractivity contribution in [2.45, 2.75) is 38.3 Å². The smallest absolute Gasteiger partial charge is 0.410 e. The van der Waals surface area contributed by atoms with Crippen molar-refractivity contribution < 1.29 is 19.4 Å². The minimum Gasteiger partial charge on any atom is -0.481 e. The lowest BCUT2D eigenvalue weighted by Gasteiger charge is -2.40. The molecule has 1 heterocycles. The minimum atomic E-state index is -0.728. The second-order valence-corrected chi connectivity index (χ2v) is 6.13. The largest absolute Gasteiger partial charge is 0.481 e. The van der Waals surface area contributed by atoms with Gasteiger partial charge in [0, 0.05) is 12.6 Å². The van der Waals surface area contributed by atoms with Crippen LogP contribution in [0.2, 0.25) is 0 Å². The molecule has 2 aliphatic rings. The monoisotopic (exact) mass is 303 g/mol. The van der Waals surface area contributed by atoms with Crippen LogP contribution in [0.25, 0.3) is 0 Å². The van der Waals surface area contributed by atoms with Crippen LogP contribution in [0.15, 0.2) is 30.3 Å². The molecule has 3 rings (SSSR count). The minimum absolute atomic E-state index is 0.0260. The summed E-state index contributed by atoms with van der Waals surface area (Å²) < 4.78 is 5.41. The van der Waals surface area contributed by atoms with Gasteiger partial charge < -0.3 is 14.7 Å². The molecule has 1 saturated heterocycles. The number of hydrogen-bond donors (Lipinski definition) is 1. The zero-order valence-electron chi connectivity index (χ0n) is 12.5. The van der Waals surface area contributed by atoms with Gasteiger partial charge in [-0.1, -0.05) is 36.8 Å². The van der Waals surface area contributed by atoms with Crippen LogP contribution >= 0.6 is 0 Å². The maximum atomic E-state index is 12.3. The molecular formula is C17H21NO4. The highest BCUT2D eigenvalue weighted by Crippen LogP contribution is 2.40. The first kappa shape index (κ1) is 14.9. The van der Waals surface area contributed by atoms with Crippen LogP contribution < -0.4 is 0 Å². The summed E-state index contributed by atoms with van der Waals surface area (Å²) in [7, 11) is 0. The topological polar surface area (TPSA) is 66.8 Å². The highest BCUT2D eigenvalue weighted by atomic mass is 16.6. The summed E-state index contributed by atoms with van der Waals surface area (Å²) in [6, 6.07) is 9.61. The van der Waals surface area contributed by atoms with Gasteiger partial charge in [-0.2, -0.15) is 0 Å². The van der Waals surface area contributed by atoms with Crippen molar-refractivity contribution >= 4 is 12.1 Å². The Balaban J connectivity index is 1.62. The van der Waals surface area contributed by atoms with Gasteiger partial charge in [-0.05, 0) is 30.7 Å². The number of carbonyl (C=O) groups is 2. The van der Waals surface area contributed by atoms with Gasteiger partial charge in [-0.15, -0.1) is 0 Å². The average molecular weight is 303 g/mol. The fourth-order valence-corrected chi connectivity index (χ4v) is 3.82. The standard InChI is InChI=1S/C17H21NO4/c19-16(20)14-9-10-18(15-8-4-7-13(14)15)17(21)22-11-12-5-2-1-3-6-12/h1-3,5-6,13-15H,4,7-11H2,(H,19,20)/t13-,14?,15-/m1/s1. The van der Waals surface area contributed by atoms with Gasteiger partial charge in [0.1, 0.15) is 6.61 Å². The van der Waals surface area contributed by atoms with Gasteiger partial charge in [0.2, 0.25) is 0 Å². The van der Waals surface area contributed by atoms with Crippen molar-refractivity contribution in [2.24, 2.45) is 11.8 Å². The van der Waals surface area contributed by atoms with Gasteiger partial charge in [0.15, 0.2) is 0 Å². The third-order valence-corrected chi connectivity index (χ3v) is 4.89. The van der Waals surface area contributed by atoms with Crippen molar-refractivity contribution in [3.05, 3.63) is 35.9 Å². The molecule has 0 bridgehead atoms. The summed E-state index contributed by atoms with van der Waals surface area (Å²) in [4.78, 5) is 25.4. The van der Waals surface area contributed by atoms with Gasteiger partial charge in [0.05, 0.1) is 5.92 Å². The molecule has 3 atom stereocenters. The number of carbonyl (C=O) groups excluding carboxylic acids is 1. The van der Waals surface area contributed by atoms with E-state index in [0.717, 1.165) is 24.8 Å². The number of carboxylic acids is 1. The SMILES string of the molecule is O=C(O)C1CCN(C(=O)OCc2ccccc2)[C@@H]2CCC[C@H]12. The molecule has 0 spiro atoms. The van der Waals surface area contributed by atoms with E-state index in [1.165, 1.54) is 0 Å². The van der Waals surface area contributed by atoms with Crippen LogP contribution in [0.5, 0.6) is 0 Å². The van der Waals surface area contributed by atoms with E-state index in [1.807, 2.05) is 30.3 Å². The van der Waals surface area contributed by atoms with Gasteiger partial charge in [-0.25, -0.2) is 4.79 Å². The van der Waals surface area contributed by atoms with Crippen molar-refractivity contribution in [3.8, 4) is 0 Å². The Hall–Kier alpha value is -2.04. The molecule has 0 aromatic heterocycles. The van der Waals surface area contributed by atoms with Crippen LogP contribution in [0.4, 0.5) is 4.79 Å². The van der Waals surface area contributed by atoms with Gasteiger partial charge >= 0.3 is 12.1 Å². The van der Waals surface area contributed by atoms with E-state index in [4.69, 9.17) is 4.74 Å². The molecule has 1 aliphatic carbocycles. The fourth-order valence-electron chi connectivity index (χ4n) is 3.82. The Morgan fingerprint density at radius 1 is 1.18 bits per heavy atom. The summed E-state index contributed by atoms with van der Waals surface area (Å²) in [6.45, 7) is 0.738. The Morgan fingerprint density at radius 3 is 2.68 bits per heavy atom. The molecule has 1 amide bonds. The molecule has 1 N–H and O–H groups in total. The van der Waals surface area contributed by atoms with Crippen LogP contribution in [-0.2, 0) is 16.1 Å².